The van der Waals surface area contributed by atoms with E-state index in [4.69, 9.17) is 0 Å². The molecule has 0 aliphatic rings. The van der Waals surface area contributed by atoms with Gasteiger partial charge in [0, 0.05) is 22.8 Å². The number of rotatable bonds is 4. The lowest BCUT2D eigenvalue weighted by Gasteiger charge is -2.05. The van der Waals surface area contributed by atoms with Crippen LogP contribution in [0.15, 0.2) is 48.7 Å². The summed E-state index contributed by atoms with van der Waals surface area (Å²) in [4.78, 5) is 19.6. The third-order valence-electron chi connectivity index (χ3n) is 3.44. The van der Waals surface area contributed by atoms with Gasteiger partial charge >= 0.3 is 0 Å². The van der Waals surface area contributed by atoms with Crippen LogP contribution in [0.4, 0.5) is 0 Å². The molecule has 1 amide bonds. The number of fused-ring (bicyclic) bond motifs is 1. The first-order chi connectivity index (χ1) is 10.2. The number of aromatic nitrogens is 2. The van der Waals surface area contributed by atoms with Crippen LogP contribution in [-0.4, -0.2) is 15.9 Å². The fourth-order valence-electron chi connectivity index (χ4n) is 2.40. The Kier molecular flexibility index (Phi) is 3.69. The van der Waals surface area contributed by atoms with Gasteiger partial charge in [0.05, 0.1) is 18.7 Å². The minimum atomic E-state index is 0.00283. The second-order valence-electron chi connectivity index (χ2n) is 5.08. The van der Waals surface area contributed by atoms with Crippen molar-refractivity contribution in [3.05, 3.63) is 65.6 Å². The Hall–Kier alpha value is -2.62. The molecule has 106 valence electrons. The fourth-order valence-corrected chi connectivity index (χ4v) is 2.40. The van der Waals surface area contributed by atoms with E-state index >= 15 is 0 Å². The van der Waals surface area contributed by atoms with Crippen LogP contribution < -0.4 is 5.32 Å². The molecule has 4 heteroatoms. The zero-order chi connectivity index (χ0) is 14.7. The summed E-state index contributed by atoms with van der Waals surface area (Å²) in [6, 6.07) is 13.8. The van der Waals surface area contributed by atoms with Gasteiger partial charge in [0.2, 0.25) is 5.91 Å². The maximum atomic E-state index is 12.1. The van der Waals surface area contributed by atoms with Gasteiger partial charge < -0.3 is 10.3 Å². The maximum Gasteiger partial charge on any atom is 0.224 e. The van der Waals surface area contributed by atoms with Crippen LogP contribution in [0.2, 0.25) is 0 Å². The van der Waals surface area contributed by atoms with Crippen LogP contribution >= 0.6 is 0 Å². The van der Waals surface area contributed by atoms with Gasteiger partial charge in [0.15, 0.2) is 0 Å². The number of hydrogen-bond donors (Lipinski definition) is 2. The van der Waals surface area contributed by atoms with Crippen molar-refractivity contribution >= 4 is 16.8 Å². The number of amides is 1. The molecule has 0 bridgehead atoms. The van der Waals surface area contributed by atoms with E-state index in [0.717, 1.165) is 27.9 Å². The number of H-pyrrole nitrogens is 1. The molecule has 3 aromatic rings. The van der Waals surface area contributed by atoms with Gasteiger partial charge in [-0.1, -0.05) is 24.3 Å². The number of carbonyl (C=O) groups is 1. The number of benzene rings is 1. The largest absolute Gasteiger partial charge is 0.361 e. The molecule has 0 unspecified atom stereocenters. The van der Waals surface area contributed by atoms with Crippen molar-refractivity contribution in [1.82, 2.24) is 15.3 Å². The Labute approximate surface area is 123 Å². The highest BCUT2D eigenvalue weighted by atomic mass is 16.1. The SMILES string of the molecule is Cc1cccc(CNC(=O)Cc2c[nH]c3ccccc23)n1. The zero-order valence-corrected chi connectivity index (χ0v) is 11.9. The van der Waals surface area contributed by atoms with E-state index in [-0.39, 0.29) is 5.91 Å². The summed E-state index contributed by atoms with van der Waals surface area (Å²) in [5.41, 5.74) is 3.90. The Morgan fingerprint density at radius 3 is 2.90 bits per heavy atom. The lowest BCUT2D eigenvalue weighted by atomic mass is 10.1. The normalized spacial score (nSPS) is 10.7. The lowest BCUT2D eigenvalue weighted by Crippen LogP contribution is -2.25. The molecule has 0 aliphatic heterocycles. The third-order valence-corrected chi connectivity index (χ3v) is 3.44. The van der Waals surface area contributed by atoms with Gasteiger partial charge in [-0.3, -0.25) is 9.78 Å². The molecular weight excluding hydrogens is 262 g/mol. The summed E-state index contributed by atoms with van der Waals surface area (Å²) >= 11 is 0. The first kappa shape index (κ1) is 13.4. The summed E-state index contributed by atoms with van der Waals surface area (Å²) < 4.78 is 0. The molecule has 4 nitrogen and oxygen atoms in total. The molecule has 2 aromatic heterocycles. The predicted molar refractivity (Wildman–Crippen MR) is 82.8 cm³/mol. The number of carbonyl (C=O) groups excluding carboxylic acids is 1. The summed E-state index contributed by atoms with van der Waals surface area (Å²) in [6.07, 6.45) is 2.27. The van der Waals surface area contributed by atoms with Crippen molar-refractivity contribution in [1.29, 1.82) is 0 Å². The van der Waals surface area contributed by atoms with Gasteiger partial charge in [0.1, 0.15) is 0 Å². The smallest absolute Gasteiger partial charge is 0.224 e. The van der Waals surface area contributed by atoms with Crippen molar-refractivity contribution in [2.75, 3.05) is 0 Å². The number of aryl methyl sites for hydroxylation is 1. The van der Waals surface area contributed by atoms with Crippen LogP contribution in [0.5, 0.6) is 0 Å². The molecule has 3 rings (SSSR count). The van der Waals surface area contributed by atoms with Gasteiger partial charge in [-0.25, -0.2) is 0 Å². The van der Waals surface area contributed by atoms with Crippen molar-refractivity contribution in [3.8, 4) is 0 Å². The third kappa shape index (κ3) is 3.11. The van der Waals surface area contributed by atoms with Gasteiger partial charge in [0.25, 0.3) is 0 Å². The average Bonchev–Trinajstić information content (AvgIpc) is 2.89. The molecule has 1 aromatic carbocycles. The van der Waals surface area contributed by atoms with Crippen molar-refractivity contribution in [3.63, 3.8) is 0 Å². The van der Waals surface area contributed by atoms with Gasteiger partial charge in [-0.05, 0) is 30.7 Å². The van der Waals surface area contributed by atoms with E-state index in [1.54, 1.807) is 0 Å². The minimum absolute atomic E-state index is 0.00283. The zero-order valence-electron chi connectivity index (χ0n) is 11.9. The van der Waals surface area contributed by atoms with Crippen LogP contribution in [-0.2, 0) is 17.8 Å². The van der Waals surface area contributed by atoms with Crippen LogP contribution in [0.25, 0.3) is 10.9 Å². The minimum Gasteiger partial charge on any atom is -0.361 e. The highest BCUT2D eigenvalue weighted by Gasteiger charge is 2.08. The highest BCUT2D eigenvalue weighted by molar-refractivity contribution is 5.88. The molecule has 0 spiro atoms. The molecule has 2 heterocycles. The molecule has 0 atom stereocenters. The summed E-state index contributed by atoms with van der Waals surface area (Å²) in [5.74, 6) is 0.00283. The van der Waals surface area contributed by atoms with Crippen LogP contribution in [0.3, 0.4) is 0 Å². The van der Waals surface area contributed by atoms with Crippen molar-refractivity contribution < 1.29 is 4.79 Å². The van der Waals surface area contributed by atoms with Gasteiger partial charge in [-0.2, -0.15) is 0 Å². The summed E-state index contributed by atoms with van der Waals surface area (Å²) in [6.45, 7) is 2.40. The van der Waals surface area contributed by atoms with Crippen molar-refractivity contribution in [2.24, 2.45) is 0 Å². The van der Waals surface area contributed by atoms with E-state index < -0.39 is 0 Å². The average molecular weight is 279 g/mol. The second-order valence-corrected chi connectivity index (χ2v) is 5.08. The quantitative estimate of drug-likeness (QED) is 0.771. The Morgan fingerprint density at radius 2 is 2.05 bits per heavy atom. The number of para-hydroxylation sites is 1. The number of pyridine rings is 1. The molecule has 21 heavy (non-hydrogen) atoms. The maximum absolute atomic E-state index is 12.1. The van der Waals surface area contributed by atoms with E-state index in [1.807, 2.05) is 55.6 Å². The topological polar surface area (TPSA) is 57.8 Å². The number of hydrogen-bond acceptors (Lipinski definition) is 2. The summed E-state index contributed by atoms with van der Waals surface area (Å²) in [5, 5.41) is 4.01. The molecule has 0 fully saturated rings. The van der Waals surface area contributed by atoms with Crippen LogP contribution in [0, 0.1) is 6.92 Å². The first-order valence-electron chi connectivity index (χ1n) is 6.96. The first-order valence-corrected chi connectivity index (χ1v) is 6.96. The second kappa shape index (κ2) is 5.79. The standard InChI is InChI=1S/C17H17N3O/c1-12-5-4-6-14(20-12)11-19-17(21)9-13-10-18-16-8-3-2-7-15(13)16/h2-8,10,18H,9,11H2,1H3,(H,19,21). The fraction of sp³-hybridized carbons (Fsp3) is 0.176. The Morgan fingerprint density at radius 1 is 1.19 bits per heavy atom. The summed E-state index contributed by atoms with van der Waals surface area (Å²) in [7, 11) is 0. The van der Waals surface area contributed by atoms with E-state index in [9.17, 15) is 4.79 Å². The highest BCUT2D eigenvalue weighted by Crippen LogP contribution is 2.17. The Bertz CT molecular complexity index is 776. The van der Waals surface area contributed by atoms with E-state index in [1.165, 1.54) is 0 Å². The Balaban J connectivity index is 1.64. The monoisotopic (exact) mass is 279 g/mol. The number of aromatic amines is 1. The van der Waals surface area contributed by atoms with E-state index in [0.29, 0.717) is 13.0 Å². The molecule has 0 aliphatic carbocycles. The van der Waals surface area contributed by atoms with Crippen LogP contribution in [0.1, 0.15) is 17.0 Å². The molecule has 0 saturated heterocycles. The predicted octanol–water partition coefficient (Wildman–Crippen LogP) is 2.73. The van der Waals surface area contributed by atoms with E-state index in [2.05, 4.69) is 15.3 Å². The molecule has 2 N–H and O–H groups in total. The molecular formula is C17H17N3O. The number of nitrogens with zero attached hydrogens (tertiary/aromatic N) is 1. The molecule has 0 radical (unpaired) electrons. The van der Waals surface area contributed by atoms with Crippen molar-refractivity contribution in [2.45, 2.75) is 19.9 Å². The molecule has 0 saturated carbocycles. The van der Waals surface area contributed by atoms with Gasteiger partial charge in [-0.15, -0.1) is 0 Å². The number of nitrogens with one attached hydrogen (secondary N) is 2. The lowest BCUT2D eigenvalue weighted by molar-refractivity contribution is -0.120.